The molecule has 3 heterocycles. The molecule has 1 aliphatic rings. The number of halogens is 4. The van der Waals surface area contributed by atoms with Crippen molar-refractivity contribution in [3.8, 4) is 0 Å². The standard InChI is InChI=1S/C22H21F4N5O/c1-2-13-3-5-14(6-4-13)18-9-19(22(24,25)26)31-20(30-18)16(11-29-31)21(32)28-10-15-7-8-27-12-17(15)23/h3-8,11-12,18-19,30H,2,9-10H2,1H3,(H,28,32)/t18-,19+/m0/s1. The molecule has 4 rings (SSSR count). The minimum absolute atomic E-state index is 0.0177. The Bertz CT molecular complexity index is 1110. The predicted molar refractivity (Wildman–Crippen MR) is 109 cm³/mol. The largest absolute Gasteiger partial charge is 0.410 e. The van der Waals surface area contributed by atoms with Crippen molar-refractivity contribution in [2.75, 3.05) is 5.32 Å². The Kier molecular flexibility index (Phi) is 5.86. The summed E-state index contributed by atoms with van der Waals surface area (Å²) in [6.07, 6.45) is -0.477. The predicted octanol–water partition coefficient (Wildman–Crippen LogP) is 4.57. The van der Waals surface area contributed by atoms with E-state index in [9.17, 15) is 22.4 Å². The van der Waals surface area contributed by atoms with Gasteiger partial charge in [-0.3, -0.25) is 9.78 Å². The lowest BCUT2D eigenvalue weighted by molar-refractivity contribution is -0.173. The van der Waals surface area contributed by atoms with Crippen molar-refractivity contribution in [1.82, 2.24) is 20.1 Å². The molecule has 0 saturated heterocycles. The van der Waals surface area contributed by atoms with E-state index in [1.807, 2.05) is 19.1 Å². The van der Waals surface area contributed by atoms with Crippen LogP contribution in [0.3, 0.4) is 0 Å². The van der Waals surface area contributed by atoms with E-state index in [1.165, 1.54) is 12.3 Å². The second-order valence-corrected chi connectivity index (χ2v) is 7.59. The van der Waals surface area contributed by atoms with Crippen molar-refractivity contribution in [2.45, 2.75) is 44.6 Å². The second-order valence-electron chi connectivity index (χ2n) is 7.59. The molecular formula is C22H21F4N5O. The Labute approximate surface area is 181 Å². The number of aryl methyl sites for hydroxylation is 1. The first kappa shape index (κ1) is 21.8. The number of carbonyl (C=O) groups is 1. The minimum Gasteiger partial charge on any atom is -0.363 e. The van der Waals surface area contributed by atoms with E-state index in [0.29, 0.717) is 5.56 Å². The number of anilines is 1. The zero-order valence-corrected chi connectivity index (χ0v) is 17.2. The van der Waals surface area contributed by atoms with Crippen molar-refractivity contribution >= 4 is 11.7 Å². The molecule has 168 valence electrons. The molecular weight excluding hydrogens is 426 g/mol. The second kappa shape index (κ2) is 8.60. The van der Waals surface area contributed by atoms with E-state index in [4.69, 9.17) is 0 Å². The fourth-order valence-corrected chi connectivity index (χ4v) is 3.75. The zero-order chi connectivity index (χ0) is 22.9. The SMILES string of the molecule is CCc1ccc([C@@H]2C[C@H](C(F)(F)F)n3ncc(C(=O)NCc4ccncc4F)c3N2)cc1. The number of rotatable bonds is 5. The monoisotopic (exact) mass is 447 g/mol. The van der Waals surface area contributed by atoms with Gasteiger partial charge in [0.15, 0.2) is 6.04 Å². The summed E-state index contributed by atoms with van der Waals surface area (Å²) in [6.45, 7) is 1.86. The number of aromatic nitrogens is 3. The molecule has 0 unspecified atom stereocenters. The van der Waals surface area contributed by atoms with E-state index in [2.05, 4.69) is 20.7 Å². The molecule has 1 amide bonds. The number of alkyl halides is 3. The highest BCUT2D eigenvalue weighted by molar-refractivity contribution is 5.98. The number of nitrogens with zero attached hydrogens (tertiary/aromatic N) is 3. The summed E-state index contributed by atoms with van der Waals surface area (Å²) >= 11 is 0. The number of hydrogen-bond donors (Lipinski definition) is 2. The molecule has 1 aliphatic heterocycles. The average molecular weight is 447 g/mol. The fourth-order valence-electron chi connectivity index (χ4n) is 3.75. The maximum absolute atomic E-state index is 13.8. The van der Waals surface area contributed by atoms with Gasteiger partial charge in [0.1, 0.15) is 17.2 Å². The van der Waals surface area contributed by atoms with Crippen LogP contribution in [-0.4, -0.2) is 26.8 Å². The van der Waals surface area contributed by atoms with Crippen LogP contribution in [0, 0.1) is 5.82 Å². The molecule has 0 radical (unpaired) electrons. The molecule has 1 aromatic carbocycles. The first-order chi connectivity index (χ1) is 15.3. The third kappa shape index (κ3) is 4.30. The summed E-state index contributed by atoms with van der Waals surface area (Å²) in [5, 5.41) is 9.42. The third-order valence-corrected chi connectivity index (χ3v) is 5.57. The van der Waals surface area contributed by atoms with Gasteiger partial charge >= 0.3 is 6.18 Å². The Balaban J connectivity index is 1.61. The highest BCUT2D eigenvalue weighted by Crippen LogP contribution is 2.44. The summed E-state index contributed by atoms with van der Waals surface area (Å²) in [6, 6.07) is 6.22. The molecule has 0 fully saturated rings. The lowest BCUT2D eigenvalue weighted by Gasteiger charge is -2.34. The first-order valence-electron chi connectivity index (χ1n) is 10.1. The third-order valence-electron chi connectivity index (χ3n) is 5.57. The van der Waals surface area contributed by atoms with Gasteiger partial charge in [0.05, 0.1) is 18.4 Å². The van der Waals surface area contributed by atoms with E-state index in [0.717, 1.165) is 29.1 Å². The average Bonchev–Trinajstić information content (AvgIpc) is 3.21. The summed E-state index contributed by atoms with van der Waals surface area (Å²) < 4.78 is 56.0. The zero-order valence-electron chi connectivity index (χ0n) is 17.2. The number of carbonyl (C=O) groups excluding carboxylic acids is 1. The maximum Gasteiger partial charge on any atom is 0.410 e. The van der Waals surface area contributed by atoms with Crippen LogP contribution in [-0.2, 0) is 13.0 Å². The molecule has 6 nitrogen and oxygen atoms in total. The first-order valence-corrected chi connectivity index (χ1v) is 10.1. The maximum atomic E-state index is 13.8. The normalized spacial score (nSPS) is 18.0. The van der Waals surface area contributed by atoms with Crippen LogP contribution in [0.15, 0.2) is 48.9 Å². The van der Waals surface area contributed by atoms with Gasteiger partial charge in [-0.15, -0.1) is 0 Å². The molecule has 32 heavy (non-hydrogen) atoms. The Morgan fingerprint density at radius 1 is 1.22 bits per heavy atom. The van der Waals surface area contributed by atoms with Crippen molar-refractivity contribution in [1.29, 1.82) is 0 Å². The van der Waals surface area contributed by atoms with Crippen molar-refractivity contribution in [3.63, 3.8) is 0 Å². The van der Waals surface area contributed by atoms with Crippen LogP contribution >= 0.6 is 0 Å². The van der Waals surface area contributed by atoms with Gasteiger partial charge in [-0.05, 0) is 23.6 Å². The molecule has 0 saturated carbocycles. The summed E-state index contributed by atoms with van der Waals surface area (Å²) in [5.74, 6) is -1.26. The topological polar surface area (TPSA) is 71.8 Å². The molecule has 2 N–H and O–H groups in total. The van der Waals surface area contributed by atoms with E-state index >= 15 is 0 Å². The fraction of sp³-hybridized carbons (Fsp3) is 0.318. The van der Waals surface area contributed by atoms with Gasteiger partial charge in [0, 0.05) is 24.7 Å². The van der Waals surface area contributed by atoms with E-state index in [1.54, 1.807) is 12.1 Å². The lowest BCUT2D eigenvalue weighted by atomic mass is 9.95. The number of pyridine rings is 1. The summed E-state index contributed by atoms with van der Waals surface area (Å²) in [7, 11) is 0. The molecule has 0 bridgehead atoms. The van der Waals surface area contributed by atoms with Gasteiger partial charge in [-0.2, -0.15) is 18.3 Å². The molecule has 2 aromatic heterocycles. The Morgan fingerprint density at radius 3 is 2.62 bits per heavy atom. The van der Waals surface area contributed by atoms with Crippen molar-refractivity contribution in [3.05, 3.63) is 77.0 Å². The van der Waals surface area contributed by atoms with Crippen LogP contribution in [0.25, 0.3) is 0 Å². The Hall–Kier alpha value is -3.43. The summed E-state index contributed by atoms with van der Waals surface area (Å²) in [5.41, 5.74) is 1.94. The van der Waals surface area contributed by atoms with Crippen LogP contribution in [0.5, 0.6) is 0 Å². The summed E-state index contributed by atoms with van der Waals surface area (Å²) in [4.78, 5) is 16.4. The number of hydrogen-bond acceptors (Lipinski definition) is 4. The molecule has 10 heteroatoms. The molecule has 2 atom stereocenters. The van der Waals surface area contributed by atoms with Gasteiger partial charge in [-0.1, -0.05) is 31.2 Å². The van der Waals surface area contributed by atoms with Crippen LogP contribution in [0.1, 0.15) is 52.5 Å². The van der Waals surface area contributed by atoms with Crippen LogP contribution in [0.2, 0.25) is 0 Å². The van der Waals surface area contributed by atoms with Gasteiger partial charge in [-0.25, -0.2) is 9.07 Å². The quantitative estimate of drug-likeness (QED) is 0.562. The lowest BCUT2D eigenvalue weighted by Crippen LogP contribution is -2.36. The highest BCUT2D eigenvalue weighted by atomic mass is 19.4. The van der Waals surface area contributed by atoms with Gasteiger partial charge in [0.25, 0.3) is 5.91 Å². The number of nitrogens with one attached hydrogen (secondary N) is 2. The van der Waals surface area contributed by atoms with Crippen molar-refractivity contribution in [2.24, 2.45) is 0 Å². The Morgan fingerprint density at radius 2 is 1.97 bits per heavy atom. The number of amides is 1. The van der Waals surface area contributed by atoms with E-state index < -0.39 is 30.0 Å². The number of fused-ring (bicyclic) bond motifs is 1. The van der Waals surface area contributed by atoms with Gasteiger partial charge < -0.3 is 10.6 Å². The minimum atomic E-state index is -4.54. The molecule has 0 spiro atoms. The molecule has 3 aromatic rings. The smallest absolute Gasteiger partial charge is 0.363 e. The van der Waals surface area contributed by atoms with E-state index in [-0.39, 0.29) is 29.9 Å². The molecule has 0 aliphatic carbocycles. The van der Waals surface area contributed by atoms with Crippen LogP contribution < -0.4 is 10.6 Å². The van der Waals surface area contributed by atoms with Gasteiger partial charge in [0.2, 0.25) is 0 Å². The highest BCUT2D eigenvalue weighted by Gasteiger charge is 2.47. The van der Waals surface area contributed by atoms with Crippen LogP contribution in [0.4, 0.5) is 23.4 Å². The number of benzene rings is 1. The van der Waals surface area contributed by atoms with Crippen molar-refractivity contribution < 1.29 is 22.4 Å².